The van der Waals surface area contributed by atoms with Crippen LogP contribution in [0.1, 0.15) is 95.5 Å². The van der Waals surface area contributed by atoms with E-state index in [1.165, 1.54) is 44.1 Å². The highest BCUT2D eigenvalue weighted by Crippen LogP contribution is 2.39. The van der Waals surface area contributed by atoms with E-state index in [1.807, 2.05) is 24.3 Å². The quantitative estimate of drug-likeness (QED) is 0.0963. The molecule has 8 heteroatoms. The molecule has 44 heavy (non-hydrogen) atoms. The Morgan fingerprint density at radius 2 is 1.25 bits per heavy atom. The molecule has 4 rings (SSSR count). The molecule has 1 aliphatic carbocycles. The maximum atomic E-state index is 12.4. The third-order valence-corrected chi connectivity index (χ3v) is 8.44. The molecular formula is C36H46O8. The lowest BCUT2D eigenvalue weighted by Gasteiger charge is -2.29. The van der Waals surface area contributed by atoms with E-state index in [0.717, 1.165) is 29.9 Å². The van der Waals surface area contributed by atoms with E-state index in [2.05, 4.69) is 30.8 Å². The zero-order chi connectivity index (χ0) is 31.5. The third-order valence-electron chi connectivity index (χ3n) is 8.44. The van der Waals surface area contributed by atoms with Crippen LogP contribution in [-0.4, -0.2) is 49.9 Å². The van der Waals surface area contributed by atoms with Crippen molar-refractivity contribution in [3.8, 4) is 11.1 Å². The topological polar surface area (TPSA) is 97.4 Å². The minimum atomic E-state index is -1.17. The monoisotopic (exact) mass is 606 g/mol. The summed E-state index contributed by atoms with van der Waals surface area (Å²) in [5.41, 5.74) is 4.72. The number of hydrogen-bond acceptors (Lipinski definition) is 8. The second kappa shape index (κ2) is 16.5. The van der Waals surface area contributed by atoms with Crippen molar-refractivity contribution in [3.05, 3.63) is 71.8 Å². The second-order valence-corrected chi connectivity index (χ2v) is 11.7. The van der Waals surface area contributed by atoms with Crippen LogP contribution in [0.3, 0.4) is 0 Å². The molecule has 2 aromatic rings. The van der Waals surface area contributed by atoms with Crippen molar-refractivity contribution in [2.75, 3.05) is 19.8 Å². The summed E-state index contributed by atoms with van der Waals surface area (Å²) in [7, 11) is 0. The Kier molecular flexibility index (Phi) is 12.6. The fraction of sp³-hybridized carbons (Fsp3) is 0.528. The van der Waals surface area contributed by atoms with E-state index < -0.39 is 30.4 Å². The van der Waals surface area contributed by atoms with Crippen molar-refractivity contribution in [1.29, 1.82) is 0 Å². The van der Waals surface area contributed by atoms with Gasteiger partial charge >= 0.3 is 17.9 Å². The average Bonchev–Trinajstić information content (AvgIpc) is 3.49. The normalized spacial score (nSPS) is 21.9. The van der Waals surface area contributed by atoms with Gasteiger partial charge in [0, 0.05) is 11.1 Å². The highest BCUT2D eigenvalue weighted by Gasteiger charge is 2.47. The van der Waals surface area contributed by atoms with Gasteiger partial charge in [-0.2, -0.15) is 0 Å². The minimum absolute atomic E-state index is 0.173. The Morgan fingerprint density at radius 3 is 1.75 bits per heavy atom. The molecular weight excluding hydrogens is 560 g/mol. The van der Waals surface area contributed by atoms with Gasteiger partial charge in [0.1, 0.15) is 0 Å². The lowest BCUT2D eigenvalue weighted by Crippen LogP contribution is -2.39. The Balaban J connectivity index is 1.24. The first-order valence-electron chi connectivity index (χ1n) is 16.0. The predicted molar refractivity (Wildman–Crippen MR) is 167 cm³/mol. The molecule has 0 amide bonds. The van der Waals surface area contributed by atoms with E-state index in [1.54, 1.807) is 20.8 Å². The summed E-state index contributed by atoms with van der Waals surface area (Å²) < 4.78 is 27.0. The van der Waals surface area contributed by atoms with Crippen LogP contribution in [0.2, 0.25) is 0 Å². The summed E-state index contributed by atoms with van der Waals surface area (Å²) in [5.74, 6) is -0.198. The third kappa shape index (κ3) is 9.02. The molecule has 0 spiro atoms. The van der Waals surface area contributed by atoms with Crippen molar-refractivity contribution in [2.45, 2.75) is 96.6 Å². The molecule has 2 aromatic carbocycles. The fourth-order valence-corrected chi connectivity index (χ4v) is 5.97. The van der Waals surface area contributed by atoms with Gasteiger partial charge in [0.25, 0.3) is 0 Å². The van der Waals surface area contributed by atoms with Crippen LogP contribution >= 0.6 is 0 Å². The van der Waals surface area contributed by atoms with Gasteiger partial charge in [-0.15, -0.1) is 0 Å². The van der Waals surface area contributed by atoms with Gasteiger partial charge in [0.2, 0.25) is 0 Å². The number of hydrogen-bond donors (Lipinski definition) is 0. The molecule has 2 atom stereocenters. The van der Waals surface area contributed by atoms with Gasteiger partial charge in [-0.1, -0.05) is 74.4 Å². The van der Waals surface area contributed by atoms with Crippen LogP contribution in [0.15, 0.2) is 60.7 Å². The molecule has 0 bridgehead atoms. The zero-order valence-electron chi connectivity index (χ0n) is 26.3. The van der Waals surface area contributed by atoms with Gasteiger partial charge in [-0.25, -0.2) is 14.4 Å². The molecule has 238 valence electrons. The van der Waals surface area contributed by atoms with Crippen molar-refractivity contribution in [2.24, 2.45) is 5.92 Å². The molecule has 1 aliphatic heterocycles. The smallest absolute Gasteiger partial charge is 0.338 e. The molecule has 0 unspecified atom stereocenters. The average molecular weight is 607 g/mol. The predicted octanol–water partition coefficient (Wildman–Crippen LogP) is 7.22. The molecule has 0 radical (unpaired) electrons. The largest absolute Gasteiger partial charge is 0.464 e. The summed E-state index contributed by atoms with van der Waals surface area (Å²) in [4.78, 5) is 36.2. The van der Waals surface area contributed by atoms with Gasteiger partial charge in [0.15, 0.2) is 18.5 Å². The maximum absolute atomic E-state index is 12.4. The number of carbonyl (C=O) groups excluding carboxylic acids is 3. The van der Waals surface area contributed by atoms with Gasteiger partial charge in [-0.05, 0) is 81.4 Å². The molecule has 1 saturated carbocycles. The van der Waals surface area contributed by atoms with Crippen molar-refractivity contribution >= 4 is 17.9 Å². The fourth-order valence-electron chi connectivity index (χ4n) is 5.97. The Bertz CT molecular complexity index is 1220. The molecule has 0 aromatic heterocycles. The van der Waals surface area contributed by atoms with Crippen molar-refractivity contribution < 1.29 is 38.1 Å². The minimum Gasteiger partial charge on any atom is -0.464 e. The van der Waals surface area contributed by atoms with E-state index >= 15 is 0 Å². The zero-order valence-corrected chi connectivity index (χ0v) is 26.3. The SMILES string of the molecule is C=C(C)C(=O)OCCCCC[C@H]1CC[C@H](c2ccc(-c3ccc(C4O[C@@H](C(=O)OCC)[C@H](C(=O)OCC)O4)cc3)cc2)CC1. The molecule has 2 fully saturated rings. The lowest BCUT2D eigenvalue weighted by molar-refractivity contribution is -0.163. The van der Waals surface area contributed by atoms with Crippen LogP contribution in [0.4, 0.5) is 0 Å². The summed E-state index contributed by atoms with van der Waals surface area (Å²) in [5, 5.41) is 0. The van der Waals surface area contributed by atoms with E-state index in [0.29, 0.717) is 23.7 Å². The number of esters is 3. The standard InChI is InChI=1S/C36H46O8/c1-5-40-34(38)31-32(35(39)41-6-2)44-36(43-31)30-21-19-29(20-22-30)28-17-15-27(16-18-28)26-13-11-25(12-14-26)10-8-7-9-23-42-33(37)24(3)4/h15-22,25-26,31-32,36H,3,5-14,23H2,1-2,4H3/t25-,26-,31-,32-/m1/s1. The lowest BCUT2D eigenvalue weighted by atomic mass is 9.77. The number of ether oxygens (including phenoxy) is 5. The van der Waals surface area contributed by atoms with E-state index in [-0.39, 0.29) is 19.2 Å². The maximum Gasteiger partial charge on any atom is 0.338 e. The van der Waals surface area contributed by atoms with Gasteiger partial charge in [0.05, 0.1) is 19.8 Å². The Morgan fingerprint density at radius 1 is 0.727 bits per heavy atom. The van der Waals surface area contributed by atoms with Crippen LogP contribution in [0, 0.1) is 5.92 Å². The molecule has 0 N–H and O–H groups in total. The number of rotatable bonds is 14. The first kappa shape index (κ1) is 33.4. The summed E-state index contributed by atoms with van der Waals surface area (Å²) in [6.07, 6.45) is 6.17. The van der Waals surface area contributed by atoms with Gasteiger partial charge < -0.3 is 23.7 Å². The molecule has 1 saturated heterocycles. The summed E-state index contributed by atoms with van der Waals surface area (Å²) in [6, 6.07) is 16.6. The van der Waals surface area contributed by atoms with Crippen LogP contribution in [0.25, 0.3) is 11.1 Å². The van der Waals surface area contributed by atoms with Crippen LogP contribution in [0.5, 0.6) is 0 Å². The Labute approximate surface area is 261 Å². The highest BCUT2D eigenvalue weighted by molar-refractivity contribution is 5.87. The first-order chi connectivity index (χ1) is 21.3. The van der Waals surface area contributed by atoms with E-state index in [9.17, 15) is 14.4 Å². The van der Waals surface area contributed by atoms with Gasteiger partial charge in [-0.3, -0.25) is 0 Å². The number of carbonyl (C=O) groups is 3. The molecule has 2 aliphatic rings. The van der Waals surface area contributed by atoms with Crippen LogP contribution < -0.4 is 0 Å². The number of unbranched alkanes of at least 4 members (excludes halogenated alkanes) is 2. The molecule has 1 heterocycles. The van der Waals surface area contributed by atoms with Crippen molar-refractivity contribution in [3.63, 3.8) is 0 Å². The highest BCUT2D eigenvalue weighted by atomic mass is 16.8. The number of benzene rings is 2. The summed E-state index contributed by atoms with van der Waals surface area (Å²) >= 11 is 0. The molecule has 8 nitrogen and oxygen atoms in total. The first-order valence-corrected chi connectivity index (χ1v) is 16.0. The van der Waals surface area contributed by atoms with Crippen molar-refractivity contribution in [1.82, 2.24) is 0 Å². The summed E-state index contributed by atoms with van der Waals surface area (Å²) in [6.45, 7) is 9.50. The van der Waals surface area contributed by atoms with E-state index in [4.69, 9.17) is 23.7 Å². The Hall–Kier alpha value is -3.49. The van der Waals surface area contributed by atoms with Crippen LogP contribution in [-0.2, 0) is 38.1 Å². The second-order valence-electron chi connectivity index (χ2n) is 11.7.